The lowest BCUT2D eigenvalue weighted by atomic mass is 9.98. The Morgan fingerprint density at radius 2 is 2.09 bits per heavy atom. The minimum atomic E-state index is -2.10. The van der Waals surface area contributed by atoms with Gasteiger partial charge in [-0.3, -0.25) is 4.57 Å². The van der Waals surface area contributed by atoms with E-state index in [1.54, 1.807) is 34.6 Å². The van der Waals surface area contributed by atoms with Crippen molar-refractivity contribution in [3.8, 4) is 0 Å². The van der Waals surface area contributed by atoms with Crippen LogP contribution >= 0.6 is 11.6 Å². The number of nitrogens with two attached hydrogens (primary N) is 1. The van der Waals surface area contributed by atoms with E-state index in [-0.39, 0.29) is 5.82 Å². The van der Waals surface area contributed by atoms with Crippen LogP contribution in [0.5, 0.6) is 0 Å². The molecule has 0 spiro atoms. The number of halogens is 2. The van der Waals surface area contributed by atoms with Crippen molar-refractivity contribution in [2.75, 3.05) is 18.2 Å². The number of aromatic nitrogens is 2. The van der Waals surface area contributed by atoms with E-state index in [4.69, 9.17) is 31.5 Å². The summed E-state index contributed by atoms with van der Waals surface area (Å²) in [5.41, 5.74) is 1.90. The van der Waals surface area contributed by atoms with E-state index in [0.29, 0.717) is 0 Å². The Kier molecular flexibility index (Phi) is 8.31. The van der Waals surface area contributed by atoms with Gasteiger partial charge < -0.3 is 30.4 Å². The number of ether oxygens (including phenoxy) is 3. The number of aliphatic hydroxyl groups excluding tert-OH is 1. The molecule has 2 rings (SSSR count). The predicted octanol–water partition coefficient (Wildman–Crippen LogP) is 1.12. The molecule has 13 heteroatoms. The first kappa shape index (κ1) is 26.8. The second kappa shape index (κ2) is 10.2. The number of alkyl halides is 2. The van der Waals surface area contributed by atoms with Gasteiger partial charge in [0.1, 0.15) is 23.1 Å². The fourth-order valence-electron chi connectivity index (χ4n) is 3.22. The molecule has 1 aromatic rings. The first-order valence-corrected chi connectivity index (χ1v) is 10.8. The first-order chi connectivity index (χ1) is 15.2. The molecule has 1 saturated heterocycles. The Bertz CT molecular complexity index is 916. The highest BCUT2D eigenvalue weighted by molar-refractivity contribution is 6.18. The van der Waals surface area contributed by atoms with Crippen LogP contribution in [0.1, 0.15) is 40.8 Å². The second-order valence-electron chi connectivity index (χ2n) is 9.08. The number of anilines is 1. The summed E-state index contributed by atoms with van der Waals surface area (Å²) < 4.78 is 32.5. The third-order valence-electron chi connectivity index (χ3n) is 4.89. The normalized spacial score (nSPS) is 26.2. The number of nitrogens with zero attached hydrogens (tertiary/aromatic N) is 2. The summed E-state index contributed by atoms with van der Waals surface area (Å²) in [4.78, 5) is 40.8. The lowest BCUT2D eigenvalue weighted by molar-refractivity contribution is -0.168. The summed E-state index contributed by atoms with van der Waals surface area (Å²) >= 11 is 5.97. The fourth-order valence-corrected chi connectivity index (χ4v) is 3.52. The number of esters is 1. The number of amides is 1. The number of nitrogens with one attached hydrogen (secondary N) is 1. The van der Waals surface area contributed by atoms with Crippen molar-refractivity contribution in [3.63, 3.8) is 0 Å². The highest BCUT2D eigenvalue weighted by Gasteiger charge is 2.59. The highest BCUT2D eigenvalue weighted by atomic mass is 35.5. The van der Waals surface area contributed by atoms with Gasteiger partial charge in [-0.05, 0) is 32.8 Å². The van der Waals surface area contributed by atoms with Crippen LogP contribution in [0.3, 0.4) is 0 Å². The molecule has 186 valence electrons. The third-order valence-corrected chi connectivity index (χ3v) is 5.34. The van der Waals surface area contributed by atoms with Crippen LogP contribution in [0.15, 0.2) is 17.1 Å². The maximum absolute atomic E-state index is 15.5. The monoisotopic (exact) mass is 492 g/mol. The topological polar surface area (TPSA) is 155 Å². The van der Waals surface area contributed by atoms with Crippen LogP contribution in [0.2, 0.25) is 0 Å². The van der Waals surface area contributed by atoms with Crippen LogP contribution in [0.25, 0.3) is 0 Å². The standard InChI is InChI=1S/C20H30ClFN4O7/c1-10(2)13(25-18(30)33-19(3,4)5)16(28)31-14-12(22)15(32-20(14,8-21)9-27)26-7-6-11(23)24-17(26)29/h6-7,10,12-15,27H,8-9H2,1-5H3,(H,25,30)(H2,23,24,29)/t12-,13?,14+,15-,20-/m1/s1. The molecule has 1 unspecified atom stereocenters. The van der Waals surface area contributed by atoms with Gasteiger partial charge in [-0.25, -0.2) is 18.8 Å². The summed E-state index contributed by atoms with van der Waals surface area (Å²) in [5, 5.41) is 12.3. The van der Waals surface area contributed by atoms with Crippen molar-refractivity contribution in [2.45, 2.75) is 70.4 Å². The largest absolute Gasteiger partial charge is 0.454 e. The molecule has 0 saturated carbocycles. The van der Waals surface area contributed by atoms with Crippen molar-refractivity contribution >= 4 is 29.5 Å². The molecule has 1 fully saturated rings. The molecule has 0 radical (unpaired) electrons. The number of rotatable bonds is 7. The smallest absolute Gasteiger partial charge is 0.408 e. The molecule has 33 heavy (non-hydrogen) atoms. The van der Waals surface area contributed by atoms with Crippen LogP contribution in [-0.4, -0.2) is 68.7 Å². The molecule has 0 bridgehead atoms. The minimum Gasteiger partial charge on any atom is -0.454 e. The van der Waals surface area contributed by atoms with Crippen molar-refractivity contribution in [3.05, 3.63) is 22.7 Å². The molecular weight excluding hydrogens is 463 g/mol. The Hall–Kier alpha value is -2.44. The van der Waals surface area contributed by atoms with E-state index in [1.165, 1.54) is 12.3 Å². The van der Waals surface area contributed by atoms with Crippen molar-refractivity contribution in [1.82, 2.24) is 14.9 Å². The first-order valence-electron chi connectivity index (χ1n) is 10.3. The van der Waals surface area contributed by atoms with Crippen LogP contribution in [0.4, 0.5) is 15.0 Å². The van der Waals surface area contributed by atoms with Gasteiger partial charge in [0.25, 0.3) is 0 Å². The maximum Gasteiger partial charge on any atom is 0.408 e. The highest BCUT2D eigenvalue weighted by Crippen LogP contribution is 2.41. The van der Waals surface area contributed by atoms with Crippen LogP contribution in [-0.2, 0) is 19.0 Å². The number of hydrogen-bond acceptors (Lipinski definition) is 9. The lowest BCUT2D eigenvalue weighted by Gasteiger charge is -2.32. The Morgan fingerprint density at radius 1 is 1.45 bits per heavy atom. The molecule has 11 nitrogen and oxygen atoms in total. The predicted molar refractivity (Wildman–Crippen MR) is 116 cm³/mol. The van der Waals surface area contributed by atoms with Crippen LogP contribution in [0, 0.1) is 5.92 Å². The molecule has 1 aliphatic heterocycles. The molecule has 0 aromatic carbocycles. The molecule has 1 aromatic heterocycles. The summed E-state index contributed by atoms with van der Waals surface area (Å²) in [7, 11) is 0. The molecular formula is C20H30ClFN4O7. The van der Waals surface area contributed by atoms with Crippen LogP contribution < -0.4 is 16.7 Å². The van der Waals surface area contributed by atoms with Crippen molar-refractivity contribution in [2.24, 2.45) is 5.92 Å². The average Bonchev–Trinajstić information content (AvgIpc) is 2.97. The molecule has 5 atom stereocenters. The number of alkyl carbamates (subject to hydrolysis) is 1. The van der Waals surface area contributed by atoms with Gasteiger partial charge in [-0.1, -0.05) is 13.8 Å². The zero-order valence-electron chi connectivity index (χ0n) is 19.1. The van der Waals surface area contributed by atoms with E-state index in [1.807, 2.05) is 0 Å². The van der Waals surface area contributed by atoms with Gasteiger partial charge in [-0.2, -0.15) is 4.98 Å². The summed E-state index contributed by atoms with van der Waals surface area (Å²) in [6, 6.07) is 0.0660. The fraction of sp³-hybridized carbons (Fsp3) is 0.700. The van der Waals surface area contributed by atoms with E-state index in [2.05, 4.69) is 10.3 Å². The summed E-state index contributed by atoms with van der Waals surface area (Å²) in [6.07, 6.45) is -5.07. The summed E-state index contributed by atoms with van der Waals surface area (Å²) in [5.74, 6) is -1.98. The molecule has 4 N–H and O–H groups in total. The lowest BCUT2D eigenvalue weighted by Crippen LogP contribution is -2.53. The average molecular weight is 493 g/mol. The minimum absolute atomic E-state index is 0.0774. The zero-order valence-corrected chi connectivity index (χ0v) is 19.8. The van der Waals surface area contributed by atoms with Gasteiger partial charge in [-0.15, -0.1) is 11.6 Å². The number of carbonyl (C=O) groups excluding carboxylic acids is 2. The van der Waals surface area contributed by atoms with Gasteiger partial charge >= 0.3 is 17.8 Å². The van der Waals surface area contributed by atoms with Gasteiger partial charge in [0.2, 0.25) is 0 Å². The Balaban J connectivity index is 2.30. The number of aliphatic hydroxyl groups is 1. The Labute approximate surface area is 195 Å². The third kappa shape index (κ3) is 6.12. The quantitative estimate of drug-likeness (QED) is 0.375. The molecule has 1 amide bonds. The van der Waals surface area contributed by atoms with E-state index in [9.17, 15) is 19.5 Å². The molecule has 1 aliphatic rings. The van der Waals surface area contributed by atoms with E-state index in [0.717, 1.165) is 4.57 Å². The SMILES string of the molecule is CC(C)C(NC(=O)OC(C)(C)C)C(=O)O[C@H]1[C@@H](F)[C@H](n2ccc(N)nc2=O)O[C@@]1(CO)CCl. The van der Waals surface area contributed by atoms with E-state index < -0.39 is 71.9 Å². The summed E-state index contributed by atoms with van der Waals surface area (Å²) in [6.45, 7) is 7.44. The second-order valence-corrected chi connectivity index (χ2v) is 9.34. The zero-order chi connectivity index (χ0) is 25.1. The van der Waals surface area contributed by atoms with Crippen molar-refractivity contribution < 1.29 is 33.3 Å². The number of hydrogen-bond donors (Lipinski definition) is 3. The van der Waals surface area contributed by atoms with E-state index >= 15 is 4.39 Å². The molecule has 2 heterocycles. The molecule has 0 aliphatic carbocycles. The number of nitrogen functional groups attached to an aromatic ring is 1. The van der Waals surface area contributed by atoms with Gasteiger partial charge in [0, 0.05) is 6.20 Å². The van der Waals surface area contributed by atoms with Gasteiger partial charge in [0.05, 0.1) is 12.5 Å². The van der Waals surface area contributed by atoms with Gasteiger partial charge in [0.15, 0.2) is 18.5 Å². The maximum atomic E-state index is 15.5. The Morgan fingerprint density at radius 3 is 2.58 bits per heavy atom. The van der Waals surface area contributed by atoms with Crippen molar-refractivity contribution in [1.29, 1.82) is 0 Å². The number of carbonyl (C=O) groups is 2.